The number of hydrogen-bond acceptors (Lipinski definition) is 3. The summed E-state index contributed by atoms with van der Waals surface area (Å²) in [5.74, 6) is 1.51. The van der Waals surface area contributed by atoms with E-state index in [9.17, 15) is 0 Å². The van der Waals surface area contributed by atoms with Crippen LogP contribution in [0.5, 0.6) is 5.75 Å². The van der Waals surface area contributed by atoms with E-state index in [-0.39, 0.29) is 0 Å². The molecule has 0 aliphatic rings. The molecule has 0 amide bonds. The number of aromatic nitrogens is 2. The van der Waals surface area contributed by atoms with Crippen molar-refractivity contribution >= 4 is 23.3 Å². The summed E-state index contributed by atoms with van der Waals surface area (Å²) in [6.45, 7) is 6.63. The number of H-pyrrole nitrogens is 1. The second-order valence-corrected chi connectivity index (χ2v) is 5.65. The maximum Gasteiger partial charge on any atom is 0.178 e. The minimum absolute atomic E-state index is 0.672. The quantitative estimate of drug-likeness (QED) is 0.624. The van der Waals surface area contributed by atoms with Crippen LogP contribution in [-0.4, -0.2) is 29.9 Å². The third kappa shape index (κ3) is 3.61. The molecule has 1 aromatic carbocycles. The molecule has 0 bridgehead atoms. The summed E-state index contributed by atoms with van der Waals surface area (Å²) < 4.78 is 13.7. The normalized spacial score (nSPS) is 11.4. The lowest BCUT2D eigenvalue weighted by Gasteiger charge is -2.08. The molecule has 1 N–H and O–H groups in total. The summed E-state index contributed by atoms with van der Waals surface area (Å²) in [5.41, 5.74) is 2.08. The van der Waals surface area contributed by atoms with Crippen molar-refractivity contribution in [2.24, 2.45) is 5.92 Å². The number of ether oxygens (including phenoxy) is 2. The topological polar surface area (TPSA) is 39.2 Å². The molecule has 5 heteroatoms. The van der Waals surface area contributed by atoms with E-state index >= 15 is 0 Å². The molecule has 0 radical (unpaired) electrons. The Balaban J connectivity index is 2.05. The summed E-state index contributed by atoms with van der Waals surface area (Å²) in [6.07, 6.45) is 1.09. The van der Waals surface area contributed by atoms with E-state index in [1.54, 1.807) is 7.11 Å². The van der Waals surface area contributed by atoms with Gasteiger partial charge in [0.15, 0.2) is 4.77 Å². The number of rotatable bonds is 7. The SMILES string of the molecule is COc1ccc2[nH]c(=S)n(CCOCCC(C)C)c2c1. The van der Waals surface area contributed by atoms with Gasteiger partial charge < -0.3 is 19.0 Å². The van der Waals surface area contributed by atoms with E-state index < -0.39 is 0 Å². The van der Waals surface area contributed by atoms with Crippen LogP contribution in [0.1, 0.15) is 20.3 Å². The molecule has 0 unspecified atom stereocenters. The zero-order valence-corrected chi connectivity index (χ0v) is 13.1. The predicted molar refractivity (Wildman–Crippen MR) is 83.9 cm³/mol. The van der Waals surface area contributed by atoms with Crippen LogP contribution < -0.4 is 4.74 Å². The Morgan fingerprint density at radius 3 is 2.80 bits per heavy atom. The fourth-order valence-electron chi connectivity index (χ4n) is 2.06. The van der Waals surface area contributed by atoms with Gasteiger partial charge in [0, 0.05) is 19.2 Å². The highest BCUT2D eigenvalue weighted by Gasteiger charge is 2.05. The zero-order chi connectivity index (χ0) is 14.5. The maximum atomic E-state index is 5.67. The highest BCUT2D eigenvalue weighted by Crippen LogP contribution is 2.20. The van der Waals surface area contributed by atoms with Crippen molar-refractivity contribution in [1.82, 2.24) is 9.55 Å². The molecule has 1 heterocycles. The third-order valence-electron chi connectivity index (χ3n) is 3.28. The van der Waals surface area contributed by atoms with E-state index in [0.29, 0.717) is 12.5 Å². The molecule has 0 saturated carbocycles. The van der Waals surface area contributed by atoms with Crippen molar-refractivity contribution in [3.8, 4) is 5.75 Å². The zero-order valence-electron chi connectivity index (χ0n) is 12.3. The molecule has 0 atom stereocenters. The summed E-state index contributed by atoms with van der Waals surface area (Å²) >= 11 is 5.36. The van der Waals surface area contributed by atoms with Gasteiger partial charge in [-0.2, -0.15) is 0 Å². The van der Waals surface area contributed by atoms with Crippen LogP contribution in [0.15, 0.2) is 18.2 Å². The lowest BCUT2D eigenvalue weighted by molar-refractivity contribution is 0.116. The molecule has 1 aromatic heterocycles. The molecule has 0 aliphatic carbocycles. The van der Waals surface area contributed by atoms with Crippen molar-refractivity contribution < 1.29 is 9.47 Å². The van der Waals surface area contributed by atoms with Crippen LogP contribution in [0.25, 0.3) is 11.0 Å². The lowest BCUT2D eigenvalue weighted by atomic mass is 10.1. The number of hydrogen-bond donors (Lipinski definition) is 1. The highest BCUT2D eigenvalue weighted by atomic mass is 32.1. The minimum Gasteiger partial charge on any atom is -0.497 e. The van der Waals surface area contributed by atoms with E-state index in [1.165, 1.54) is 0 Å². The van der Waals surface area contributed by atoms with Gasteiger partial charge in [-0.25, -0.2) is 0 Å². The highest BCUT2D eigenvalue weighted by molar-refractivity contribution is 7.71. The first-order valence-electron chi connectivity index (χ1n) is 6.96. The van der Waals surface area contributed by atoms with Gasteiger partial charge in [-0.05, 0) is 36.7 Å². The second-order valence-electron chi connectivity index (χ2n) is 5.26. The Kier molecular flexibility index (Phi) is 5.20. The molecule has 0 saturated heterocycles. The van der Waals surface area contributed by atoms with E-state index in [2.05, 4.69) is 23.4 Å². The van der Waals surface area contributed by atoms with Crippen molar-refractivity contribution in [2.75, 3.05) is 20.3 Å². The summed E-state index contributed by atoms with van der Waals surface area (Å²) in [4.78, 5) is 3.20. The average Bonchev–Trinajstić information content (AvgIpc) is 2.73. The summed E-state index contributed by atoms with van der Waals surface area (Å²) in [5, 5.41) is 0. The number of imidazole rings is 1. The standard InChI is InChI=1S/C15H22N2O2S/c1-11(2)6-8-19-9-7-17-14-10-12(18-3)4-5-13(14)16-15(17)20/h4-5,10-11H,6-9H2,1-3H3,(H,16,20). The monoisotopic (exact) mass is 294 g/mol. The van der Waals surface area contributed by atoms with Gasteiger partial charge in [0.1, 0.15) is 5.75 Å². The third-order valence-corrected chi connectivity index (χ3v) is 3.60. The summed E-state index contributed by atoms with van der Waals surface area (Å²) in [6, 6.07) is 5.91. The van der Waals surface area contributed by atoms with Crippen molar-refractivity contribution in [3.63, 3.8) is 0 Å². The second kappa shape index (κ2) is 6.90. The summed E-state index contributed by atoms with van der Waals surface area (Å²) in [7, 11) is 1.67. The van der Waals surface area contributed by atoms with Gasteiger partial charge in [-0.3, -0.25) is 0 Å². The van der Waals surface area contributed by atoms with Gasteiger partial charge in [-0.15, -0.1) is 0 Å². The first-order chi connectivity index (χ1) is 9.61. The average molecular weight is 294 g/mol. The molecule has 110 valence electrons. The molecule has 4 nitrogen and oxygen atoms in total. The Hall–Kier alpha value is -1.33. The minimum atomic E-state index is 0.672. The van der Waals surface area contributed by atoms with Gasteiger partial charge in [-0.1, -0.05) is 13.8 Å². The Labute approximate surface area is 124 Å². The molecule has 2 rings (SSSR count). The fraction of sp³-hybridized carbons (Fsp3) is 0.533. The number of benzene rings is 1. The van der Waals surface area contributed by atoms with Crippen LogP contribution in [0.4, 0.5) is 0 Å². The molecule has 20 heavy (non-hydrogen) atoms. The van der Waals surface area contributed by atoms with Gasteiger partial charge in [0.25, 0.3) is 0 Å². The van der Waals surface area contributed by atoms with Crippen molar-refractivity contribution in [2.45, 2.75) is 26.8 Å². The Bertz CT molecular complexity index is 616. The van der Waals surface area contributed by atoms with Gasteiger partial charge in [0.05, 0.1) is 24.8 Å². The maximum absolute atomic E-state index is 5.67. The Morgan fingerprint density at radius 2 is 2.10 bits per heavy atom. The van der Waals surface area contributed by atoms with E-state index in [1.807, 2.05) is 18.2 Å². The smallest absolute Gasteiger partial charge is 0.178 e. The molecule has 0 aliphatic heterocycles. The fourth-order valence-corrected chi connectivity index (χ4v) is 2.36. The number of aromatic amines is 1. The predicted octanol–water partition coefficient (Wildman–Crippen LogP) is 3.77. The van der Waals surface area contributed by atoms with Crippen LogP contribution in [0.2, 0.25) is 0 Å². The largest absolute Gasteiger partial charge is 0.497 e. The van der Waals surface area contributed by atoms with Gasteiger partial charge >= 0.3 is 0 Å². The number of nitrogens with zero attached hydrogens (tertiary/aromatic N) is 1. The van der Waals surface area contributed by atoms with Crippen LogP contribution in [0, 0.1) is 10.7 Å². The molecule has 0 spiro atoms. The van der Waals surface area contributed by atoms with Gasteiger partial charge in [0.2, 0.25) is 0 Å². The van der Waals surface area contributed by atoms with E-state index in [4.69, 9.17) is 21.7 Å². The number of fused-ring (bicyclic) bond motifs is 1. The number of nitrogens with one attached hydrogen (secondary N) is 1. The lowest BCUT2D eigenvalue weighted by Crippen LogP contribution is -2.08. The first kappa shape index (κ1) is 15.1. The van der Waals surface area contributed by atoms with E-state index in [0.717, 1.165) is 41.1 Å². The molecular formula is C15H22N2O2S. The molecular weight excluding hydrogens is 272 g/mol. The van der Waals surface area contributed by atoms with Crippen LogP contribution >= 0.6 is 12.2 Å². The van der Waals surface area contributed by atoms with Crippen molar-refractivity contribution in [1.29, 1.82) is 0 Å². The molecule has 2 aromatic rings. The first-order valence-corrected chi connectivity index (χ1v) is 7.37. The van der Waals surface area contributed by atoms with Crippen LogP contribution in [-0.2, 0) is 11.3 Å². The van der Waals surface area contributed by atoms with Crippen LogP contribution in [0.3, 0.4) is 0 Å². The Morgan fingerprint density at radius 1 is 1.30 bits per heavy atom. The molecule has 0 fully saturated rings. The number of methoxy groups -OCH3 is 1. The van der Waals surface area contributed by atoms with Crippen molar-refractivity contribution in [3.05, 3.63) is 23.0 Å².